The SMILES string of the molecule is C=CC(c1ccc(-c2ccc(OCc3ccccc3)cc2)s1)S(=O)(=O)n1cc(CCC(=O)O)c2cc(Cl)ccc21. The Bertz CT molecular complexity index is 1770. The number of hydrogen-bond acceptors (Lipinski definition) is 5. The van der Waals surface area contributed by atoms with E-state index in [4.69, 9.17) is 21.4 Å². The Balaban J connectivity index is 1.40. The number of aryl methyl sites for hydroxylation is 1. The summed E-state index contributed by atoms with van der Waals surface area (Å²) in [4.78, 5) is 12.7. The van der Waals surface area contributed by atoms with Crippen LogP contribution in [0, 0.1) is 0 Å². The maximum absolute atomic E-state index is 13.9. The van der Waals surface area contributed by atoms with Crippen LogP contribution in [0.4, 0.5) is 0 Å². The van der Waals surface area contributed by atoms with Crippen LogP contribution in [0.15, 0.2) is 104 Å². The predicted molar refractivity (Wildman–Crippen MR) is 161 cm³/mol. The fraction of sp³-hybridized carbons (Fsp3) is 0.129. The maximum Gasteiger partial charge on any atom is 0.303 e. The highest BCUT2D eigenvalue weighted by molar-refractivity contribution is 7.90. The predicted octanol–water partition coefficient (Wildman–Crippen LogP) is 7.72. The van der Waals surface area contributed by atoms with Crippen molar-refractivity contribution in [2.45, 2.75) is 24.7 Å². The molecule has 6 nitrogen and oxygen atoms in total. The summed E-state index contributed by atoms with van der Waals surface area (Å²) in [6, 6.07) is 26.3. The lowest BCUT2D eigenvalue weighted by molar-refractivity contribution is -0.136. The van der Waals surface area contributed by atoms with Crippen molar-refractivity contribution in [3.63, 3.8) is 0 Å². The minimum absolute atomic E-state index is 0.124. The Labute approximate surface area is 241 Å². The second-order valence-electron chi connectivity index (χ2n) is 9.21. The van der Waals surface area contributed by atoms with Crippen LogP contribution in [0.5, 0.6) is 5.75 Å². The minimum Gasteiger partial charge on any atom is -0.489 e. The van der Waals surface area contributed by atoms with E-state index in [1.54, 1.807) is 24.3 Å². The van der Waals surface area contributed by atoms with Gasteiger partial charge in [0.25, 0.3) is 10.0 Å². The Kier molecular flexibility index (Phi) is 8.12. The molecule has 0 saturated carbocycles. The van der Waals surface area contributed by atoms with Crippen LogP contribution in [0.2, 0.25) is 5.02 Å². The summed E-state index contributed by atoms with van der Waals surface area (Å²) in [5.41, 5.74) is 3.08. The van der Waals surface area contributed by atoms with E-state index >= 15 is 0 Å². The lowest BCUT2D eigenvalue weighted by Crippen LogP contribution is -2.18. The summed E-state index contributed by atoms with van der Waals surface area (Å²) >= 11 is 7.56. The number of carboxylic acid groups (broad SMARTS) is 1. The van der Waals surface area contributed by atoms with Crippen LogP contribution in [-0.2, 0) is 27.8 Å². The number of aliphatic carboxylic acids is 1. The number of carboxylic acids is 1. The molecule has 5 aromatic rings. The average molecular weight is 592 g/mol. The van der Waals surface area contributed by atoms with Gasteiger partial charge in [0, 0.05) is 32.8 Å². The van der Waals surface area contributed by atoms with Crippen molar-refractivity contribution in [1.29, 1.82) is 0 Å². The standard InChI is InChI=1S/C31H26ClNO5S2/c1-2-30(40(36,37)33-19-23(10-17-31(34)35)26-18-24(32)11-14-27(26)33)29-16-15-28(39-29)22-8-12-25(13-9-22)38-20-21-6-4-3-5-7-21/h2-9,11-16,18-19,30H,1,10,17,20H2,(H,34,35). The molecule has 0 radical (unpaired) electrons. The van der Waals surface area contributed by atoms with Crippen LogP contribution in [0.25, 0.3) is 21.3 Å². The van der Waals surface area contributed by atoms with Gasteiger partial charge in [-0.3, -0.25) is 4.79 Å². The number of hydrogen-bond donors (Lipinski definition) is 1. The molecule has 0 bridgehead atoms. The maximum atomic E-state index is 13.9. The van der Waals surface area contributed by atoms with Crippen molar-refractivity contribution in [2.75, 3.05) is 0 Å². The minimum atomic E-state index is -3.97. The number of halogens is 1. The van der Waals surface area contributed by atoms with Gasteiger partial charge in [-0.05, 0) is 77.7 Å². The van der Waals surface area contributed by atoms with Crippen molar-refractivity contribution < 1.29 is 23.1 Å². The first-order valence-electron chi connectivity index (χ1n) is 12.5. The highest BCUT2D eigenvalue weighted by atomic mass is 35.5. The van der Waals surface area contributed by atoms with Crippen molar-refractivity contribution in [2.24, 2.45) is 0 Å². The van der Waals surface area contributed by atoms with Crippen LogP contribution in [0.1, 0.15) is 27.7 Å². The molecule has 0 amide bonds. The van der Waals surface area contributed by atoms with E-state index in [2.05, 4.69) is 6.58 Å². The molecule has 1 N–H and O–H groups in total. The molecule has 2 aromatic heterocycles. The van der Waals surface area contributed by atoms with Gasteiger partial charge in [0.05, 0.1) is 5.52 Å². The quantitative estimate of drug-likeness (QED) is 0.159. The number of thiophene rings is 1. The molecule has 0 spiro atoms. The normalized spacial score (nSPS) is 12.3. The molecule has 9 heteroatoms. The summed E-state index contributed by atoms with van der Waals surface area (Å²) in [5, 5.41) is 9.21. The Morgan fingerprint density at radius 2 is 1.80 bits per heavy atom. The topological polar surface area (TPSA) is 85.6 Å². The Morgan fingerprint density at radius 1 is 1.05 bits per heavy atom. The third kappa shape index (κ3) is 5.84. The number of ether oxygens (including phenoxy) is 1. The lowest BCUT2D eigenvalue weighted by Gasteiger charge is -2.14. The molecule has 0 aliphatic rings. The first-order valence-corrected chi connectivity index (χ1v) is 15.2. The first kappa shape index (κ1) is 27.7. The summed E-state index contributed by atoms with van der Waals surface area (Å²) in [6.07, 6.45) is 2.98. The second kappa shape index (κ2) is 11.7. The zero-order valence-corrected chi connectivity index (χ0v) is 23.8. The molecule has 204 valence electrons. The van der Waals surface area contributed by atoms with Crippen molar-refractivity contribution >= 4 is 49.8 Å². The van der Waals surface area contributed by atoms with E-state index < -0.39 is 21.2 Å². The van der Waals surface area contributed by atoms with Crippen LogP contribution in [0.3, 0.4) is 0 Å². The van der Waals surface area contributed by atoms with Crippen LogP contribution in [-0.4, -0.2) is 23.5 Å². The summed E-state index contributed by atoms with van der Waals surface area (Å²) < 4.78 is 35.0. The number of carbonyl (C=O) groups is 1. The molecular formula is C31H26ClNO5S2. The zero-order valence-electron chi connectivity index (χ0n) is 21.4. The lowest BCUT2D eigenvalue weighted by atomic mass is 10.1. The molecule has 0 aliphatic heterocycles. The number of fused-ring (bicyclic) bond motifs is 1. The van der Waals surface area contributed by atoms with E-state index in [-0.39, 0.29) is 12.8 Å². The van der Waals surface area contributed by atoms with Gasteiger partial charge < -0.3 is 9.84 Å². The molecule has 0 aliphatic carbocycles. The van der Waals surface area contributed by atoms with Gasteiger partial charge in [0.1, 0.15) is 17.6 Å². The van der Waals surface area contributed by atoms with Crippen LogP contribution >= 0.6 is 22.9 Å². The van der Waals surface area contributed by atoms with Gasteiger partial charge >= 0.3 is 5.97 Å². The number of rotatable bonds is 11. The van der Waals surface area contributed by atoms with Gasteiger partial charge in [-0.15, -0.1) is 17.9 Å². The van der Waals surface area contributed by atoms with E-state index in [0.717, 1.165) is 21.8 Å². The number of aromatic nitrogens is 1. The van der Waals surface area contributed by atoms with Gasteiger partial charge in [0.2, 0.25) is 0 Å². The van der Waals surface area contributed by atoms with Gasteiger partial charge in [0.15, 0.2) is 0 Å². The Hall–Kier alpha value is -3.85. The summed E-state index contributed by atoms with van der Waals surface area (Å²) in [6.45, 7) is 4.30. The molecule has 3 aromatic carbocycles. The number of benzene rings is 3. The van der Waals surface area contributed by atoms with Gasteiger partial charge in [-0.1, -0.05) is 48.0 Å². The average Bonchev–Trinajstić information content (AvgIpc) is 3.57. The summed E-state index contributed by atoms with van der Waals surface area (Å²) in [5.74, 6) is -0.217. The molecule has 0 fully saturated rings. The fourth-order valence-electron chi connectivity index (χ4n) is 4.51. The third-order valence-corrected chi connectivity index (χ3v) is 10.1. The second-order valence-corrected chi connectivity index (χ2v) is 12.7. The molecule has 0 saturated heterocycles. The molecule has 2 heterocycles. The van der Waals surface area contributed by atoms with E-state index in [1.165, 1.54) is 27.6 Å². The highest BCUT2D eigenvalue weighted by Crippen LogP contribution is 2.38. The molecule has 1 unspecified atom stereocenters. The van der Waals surface area contributed by atoms with E-state index in [9.17, 15) is 13.2 Å². The molecule has 5 rings (SSSR count). The molecular weight excluding hydrogens is 566 g/mol. The largest absolute Gasteiger partial charge is 0.489 e. The van der Waals surface area contributed by atoms with Gasteiger partial charge in [-0.2, -0.15) is 0 Å². The van der Waals surface area contributed by atoms with Crippen LogP contribution < -0.4 is 4.74 Å². The Morgan fingerprint density at radius 3 is 2.50 bits per heavy atom. The fourth-order valence-corrected chi connectivity index (χ4v) is 7.75. The van der Waals surface area contributed by atoms with E-state index in [1.807, 2.05) is 60.7 Å². The molecule has 40 heavy (non-hydrogen) atoms. The number of nitrogens with zero attached hydrogens (tertiary/aromatic N) is 1. The van der Waals surface area contributed by atoms with Gasteiger partial charge in [-0.25, -0.2) is 12.4 Å². The molecule has 1 atom stereocenters. The smallest absolute Gasteiger partial charge is 0.303 e. The monoisotopic (exact) mass is 591 g/mol. The van der Waals surface area contributed by atoms with Crippen molar-refractivity contribution in [3.05, 3.63) is 125 Å². The van der Waals surface area contributed by atoms with Crippen molar-refractivity contribution in [3.8, 4) is 16.2 Å². The first-order chi connectivity index (χ1) is 19.3. The summed E-state index contributed by atoms with van der Waals surface area (Å²) in [7, 11) is -3.97. The third-order valence-electron chi connectivity index (χ3n) is 6.53. The zero-order chi connectivity index (χ0) is 28.3. The van der Waals surface area contributed by atoms with Crippen molar-refractivity contribution in [1.82, 2.24) is 3.97 Å². The van der Waals surface area contributed by atoms with E-state index in [0.29, 0.717) is 33.0 Å². The highest BCUT2D eigenvalue weighted by Gasteiger charge is 2.30.